The number of nitrogens with zero attached hydrogens (tertiary/aromatic N) is 1. The number of Topliss-reactive ketones (excluding diaryl/α,β-unsaturated/α-hetero) is 1. The van der Waals surface area contributed by atoms with Gasteiger partial charge in [-0.3, -0.25) is 9.78 Å². The van der Waals surface area contributed by atoms with Gasteiger partial charge >= 0.3 is 0 Å². The van der Waals surface area contributed by atoms with E-state index < -0.39 is 0 Å². The number of carbonyl (C=O) groups is 1. The Hall–Kier alpha value is -1.26. The molecule has 0 saturated heterocycles. The van der Waals surface area contributed by atoms with Gasteiger partial charge in [-0.15, -0.1) is 0 Å². The van der Waals surface area contributed by atoms with Crippen molar-refractivity contribution >= 4 is 5.78 Å². The molecule has 14 heavy (non-hydrogen) atoms. The van der Waals surface area contributed by atoms with E-state index in [-0.39, 0.29) is 12.4 Å². The maximum Gasteiger partial charge on any atom is 0.188 e. The molecule has 76 valence electrons. The Morgan fingerprint density at radius 3 is 3.07 bits per heavy atom. The van der Waals surface area contributed by atoms with Crippen LogP contribution in [0.3, 0.4) is 0 Å². The van der Waals surface area contributed by atoms with Crippen molar-refractivity contribution in [3.8, 4) is 0 Å². The molecule has 0 aliphatic rings. The minimum atomic E-state index is -0.0380. The molecule has 0 atom stereocenters. The molecule has 0 fully saturated rings. The first kappa shape index (κ1) is 10.8. The molecule has 1 aromatic rings. The molecule has 0 spiro atoms. The Morgan fingerprint density at radius 2 is 2.43 bits per heavy atom. The molecule has 0 aromatic carbocycles. The first-order chi connectivity index (χ1) is 6.77. The Bertz CT molecular complexity index is 313. The summed E-state index contributed by atoms with van der Waals surface area (Å²) >= 11 is 0. The van der Waals surface area contributed by atoms with E-state index in [1.54, 1.807) is 18.3 Å². The molecule has 0 radical (unpaired) electrons. The topological polar surface area (TPSA) is 65.2 Å². The van der Waals surface area contributed by atoms with Gasteiger partial charge in [-0.05, 0) is 19.1 Å². The zero-order chi connectivity index (χ0) is 10.4. The standard InChI is InChI=1S/C10H14N2O2/c1-2-14-7-10(13)8-3-4-12-9(5-8)6-11/h3-5H,2,6-7,11H2,1H3. The van der Waals surface area contributed by atoms with Gasteiger partial charge < -0.3 is 10.5 Å². The van der Waals surface area contributed by atoms with Crippen molar-refractivity contribution in [1.29, 1.82) is 0 Å². The first-order valence-electron chi connectivity index (χ1n) is 4.54. The van der Waals surface area contributed by atoms with Crippen LogP contribution >= 0.6 is 0 Å². The predicted octanol–water partition coefficient (Wildman–Crippen LogP) is 0.759. The Kier molecular flexibility index (Phi) is 4.22. The molecule has 0 aliphatic heterocycles. The van der Waals surface area contributed by atoms with Crippen LogP contribution in [0.1, 0.15) is 23.0 Å². The largest absolute Gasteiger partial charge is 0.374 e. The molecule has 0 amide bonds. The van der Waals surface area contributed by atoms with E-state index in [0.29, 0.717) is 24.4 Å². The fraction of sp³-hybridized carbons (Fsp3) is 0.400. The second-order valence-corrected chi connectivity index (χ2v) is 2.80. The van der Waals surface area contributed by atoms with Crippen molar-refractivity contribution < 1.29 is 9.53 Å². The smallest absolute Gasteiger partial charge is 0.188 e. The third-order valence-corrected chi connectivity index (χ3v) is 1.78. The number of rotatable bonds is 5. The minimum absolute atomic E-state index is 0.0380. The number of pyridine rings is 1. The summed E-state index contributed by atoms with van der Waals surface area (Å²) in [6.07, 6.45) is 1.58. The minimum Gasteiger partial charge on any atom is -0.374 e. The fourth-order valence-corrected chi connectivity index (χ4v) is 1.04. The van der Waals surface area contributed by atoms with E-state index in [4.69, 9.17) is 10.5 Å². The van der Waals surface area contributed by atoms with Crippen molar-refractivity contribution in [2.24, 2.45) is 5.73 Å². The normalized spacial score (nSPS) is 10.1. The highest BCUT2D eigenvalue weighted by Crippen LogP contribution is 2.02. The number of nitrogens with two attached hydrogens (primary N) is 1. The number of carbonyl (C=O) groups excluding carboxylic acids is 1. The fourth-order valence-electron chi connectivity index (χ4n) is 1.04. The number of ketones is 1. The summed E-state index contributed by atoms with van der Waals surface area (Å²) in [5, 5.41) is 0. The van der Waals surface area contributed by atoms with Crippen LogP contribution in [-0.2, 0) is 11.3 Å². The average Bonchev–Trinajstić information content (AvgIpc) is 2.26. The van der Waals surface area contributed by atoms with Crippen LogP contribution in [0.4, 0.5) is 0 Å². The molecular formula is C10H14N2O2. The predicted molar refractivity (Wildman–Crippen MR) is 53.0 cm³/mol. The Morgan fingerprint density at radius 1 is 1.64 bits per heavy atom. The lowest BCUT2D eigenvalue weighted by molar-refractivity contribution is 0.0783. The Labute approximate surface area is 83.1 Å². The average molecular weight is 194 g/mol. The van der Waals surface area contributed by atoms with E-state index in [1.807, 2.05) is 6.92 Å². The van der Waals surface area contributed by atoms with E-state index in [1.165, 1.54) is 0 Å². The molecule has 0 saturated carbocycles. The molecular weight excluding hydrogens is 180 g/mol. The second kappa shape index (κ2) is 5.47. The molecule has 0 bridgehead atoms. The monoisotopic (exact) mass is 194 g/mol. The van der Waals surface area contributed by atoms with E-state index in [9.17, 15) is 4.79 Å². The zero-order valence-electron chi connectivity index (χ0n) is 8.19. The van der Waals surface area contributed by atoms with Crippen LogP contribution in [-0.4, -0.2) is 24.0 Å². The third kappa shape index (κ3) is 2.90. The maximum absolute atomic E-state index is 11.5. The molecule has 0 unspecified atom stereocenters. The lowest BCUT2D eigenvalue weighted by Gasteiger charge is -2.02. The van der Waals surface area contributed by atoms with Gasteiger partial charge in [0.05, 0.1) is 5.69 Å². The van der Waals surface area contributed by atoms with Crippen molar-refractivity contribution in [2.75, 3.05) is 13.2 Å². The number of ether oxygens (including phenoxy) is 1. The number of aromatic nitrogens is 1. The van der Waals surface area contributed by atoms with Crippen LogP contribution in [0.2, 0.25) is 0 Å². The van der Waals surface area contributed by atoms with Crippen molar-refractivity contribution in [3.05, 3.63) is 29.6 Å². The molecule has 0 aliphatic carbocycles. The van der Waals surface area contributed by atoms with Gasteiger partial charge in [0.1, 0.15) is 6.61 Å². The van der Waals surface area contributed by atoms with Gasteiger partial charge in [-0.25, -0.2) is 0 Å². The summed E-state index contributed by atoms with van der Waals surface area (Å²) < 4.78 is 5.02. The molecule has 4 nitrogen and oxygen atoms in total. The third-order valence-electron chi connectivity index (χ3n) is 1.78. The molecule has 1 heterocycles. The first-order valence-corrected chi connectivity index (χ1v) is 4.54. The highest BCUT2D eigenvalue weighted by Gasteiger charge is 2.05. The lowest BCUT2D eigenvalue weighted by atomic mass is 10.1. The van der Waals surface area contributed by atoms with Crippen LogP contribution in [0.15, 0.2) is 18.3 Å². The van der Waals surface area contributed by atoms with Gasteiger partial charge in [0.15, 0.2) is 5.78 Å². The molecule has 4 heteroatoms. The van der Waals surface area contributed by atoms with Gasteiger partial charge in [-0.1, -0.05) is 0 Å². The highest BCUT2D eigenvalue weighted by atomic mass is 16.5. The quantitative estimate of drug-likeness (QED) is 0.703. The summed E-state index contributed by atoms with van der Waals surface area (Å²) in [5.41, 5.74) is 6.73. The van der Waals surface area contributed by atoms with E-state index >= 15 is 0 Å². The van der Waals surface area contributed by atoms with Gasteiger partial charge in [-0.2, -0.15) is 0 Å². The number of hydrogen-bond acceptors (Lipinski definition) is 4. The van der Waals surface area contributed by atoms with Gasteiger partial charge in [0.25, 0.3) is 0 Å². The van der Waals surface area contributed by atoms with Gasteiger partial charge in [0.2, 0.25) is 0 Å². The van der Waals surface area contributed by atoms with Crippen LogP contribution in [0.25, 0.3) is 0 Å². The molecule has 1 aromatic heterocycles. The van der Waals surface area contributed by atoms with Crippen molar-refractivity contribution in [3.63, 3.8) is 0 Å². The lowest BCUT2D eigenvalue weighted by Crippen LogP contribution is -2.10. The molecule has 2 N–H and O–H groups in total. The van der Waals surface area contributed by atoms with Crippen LogP contribution in [0, 0.1) is 0 Å². The van der Waals surface area contributed by atoms with E-state index in [0.717, 1.165) is 0 Å². The van der Waals surface area contributed by atoms with Crippen molar-refractivity contribution in [1.82, 2.24) is 4.98 Å². The van der Waals surface area contributed by atoms with E-state index in [2.05, 4.69) is 4.98 Å². The summed E-state index contributed by atoms with van der Waals surface area (Å²) in [6.45, 7) is 2.85. The number of hydrogen-bond donors (Lipinski definition) is 1. The summed E-state index contributed by atoms with van der Waals surface area (Å²) in [4.78, 5) is 15.5. The highest BCUT2D eigenvalue weighted by molar-refractivity contribution is 5.97. The van der Waals surface area contributed by atoms with Crippen LogP contribution < -0.4 is 5.73 Å². The second-order valence-electron chi connectivity index (χ2n) is 2.80. The summed E-state index contributed by atoms with van der Waals surface area (Å²) in [6, 6.07) is 3.36. The zero-order valence-corrected chi connectivity index (χ0v) is 8.19. The summed E-state index contributed by atoms with van der Waals surface area (Å²) in [7, 11) is 0. The summed E-state index contributed by atoms with van der Waals surface area (Å²) in [5.74, 6) is -0.0380. The van der Waals surface area contributed by atoms with Crippen molar-refractivity contribution in [2.45, 2.75) is 13.5 Å². The van der Waals surface area contributed by atoms with Gasteiger partial charge in [0, 0.05) is 24.9 Å². The molecule has 1 rings (SSSR count). The maximum atomic E-state index is 11.5. The SMILES string of the molecule is CCOCC(=O)c1ccnc(CN)c1. The van der Waals surface area contributed by atoms with Crippen LogP contribution in [0.5, 0.6) is 0 Å². The Balaban J connectivity index is 2.69.